The minimum absolute atomic E-state index is 0.956. The molecule has 4 heterocycles. The molecule has 25 heavy (non-hydrogen) atoms. The van der Waals surface area contributed by atoms with Crippen LogP contribution in [-0.4, -0.2) is 19.9 Å². The van der Waals surface area contributed by atoms with Crippen molar-refractivity contribution in [1.82, 2.24) is 19.9 Å². The molecule has 0 fully saturated rings. The van der Waals surface area contributed by atoms with E-state index < -0.39 is 0 Å². The number of hydrogen-bond acceptors (Lipinski definition) is 3. The van der Waals surface area contributed by atoms with Gasteiger partial charge in [0.05, 0.1) is 22.2 Å². The van der Waals surface area contributed by atoms with E-state index in [0.29, 0.717) is 0 Å². The van der Waals surface area contributed by atoms with E-state index in [1.54, 1.807) is 12.4 Å². The third kappa shape index (κ3) is 2.44. The zero-order chi connectivity index (χ0) is 16.6. The van der Waals surface area contributed by atoms with E-state index in [0.717, 1.165) is 44.3 Å². The van der Waals surface area contributed by atoms with Crippen molar-refractivity contribution in [3.05, 3.63) is 79.4 Å². The maximum Gasteiger partial charge on any atom is 0.0879 e. The molecule has 0 bridgehead atoms. The molecule has 4 heteroatoms. The van der Waals surface area contributed by atoms with Gasteiger partial charge in [0.2, 0.25) is 0 Å². The molecule has 0 spiro atoms. The lowest BCUT2D eigenvalue weighted by Gasteiger charge is -2.06. The number of nitrogens with zero attached hydrogens (tertiary/aromatic N) is 3. The summed E-state index contributed by atoms with van der Waals surface area (Å²) in [5, 5.41) is 1.11. The third-order valence-electron chi connectivity index (χ3n) is 4.40. The Balaban J connectivity index is 1.59. The Kier molecular flexibility index (Phi) is 3.07. The first-order valence-electron chi connectivity index (χ1n) is 8.11. The molecule has 0 amide bonds. The van der Waals surface area contributed by atoms with Gasteiger partial charge in [-0.05, 0) is 48.0 Å². The summed E-state index contributed by atoms with van der Waals surface area (Å²) >= 11 is 0. The second-order valence-electron chi connectivity index (χ2n) is 5.97. The normalized spacial score (nSPS) is 11.2. The van der Waals surface area contributed by atoms with Crippen molar-refractivity contribution < 1.29 is 0 Å². The Hall–Kier alpha value is -3.53. The lowest BCUT2D eigenvalue weighted by molar-refractivity contribution is 1.31. The average molecular weight is 322 g/mol. The fourth-order valence-corrected chi connectivity index (χ4v) is 3.08. The summed E-state index contributed by atoms with van der Waals surface area (Å²) in [6, 6.07) is 18.5. The Morgan fingerprint density at radius 3 is 2.56 bits per heavy atom. The number of pyridine rings is 3. The van der Waals surface area contributed by atoms with Crippen LogP contribution >= 0.6 is 0 Å². The van der Waals surface area contributed by atoms with Crippen molar-refractivity contribution in [3.63, 3.8) is 0 Å². The quantitative estimate of drug-likeness (QED) is 0.506. The zero-order valence-corrected chi connectivity index (χ0v) is 13.3. The largest absolute Gasteiger partial charge is 0.360 e. The molecule has 5 rings (SSSR count). The van der Waals surface area contributed by atoms with E-state index in [2.05, 4.69) is 45.3 Å². The standard InChI is InChI=1S/C21H14N4/c1-3-19-16(2-4-18(25-19)14-5-8-22-9-6-14)11-15(1)17-12-21-20(24-13-17)7-10-23-21/h1-13,23H. The molecule has 0 atom stereocenters. The van der Waals surface area contributed by atoms with Gasteiger partial charge >= 0.3 is 0 Å². The van der Waals surface area contributed by atoms with Crippen molar-refractivity contribution in [2.75, 3.05) is 0 Å². The summed E-state index contributed by atoms with van der Waals surface area (Å²) in [6.07, 6.45) is 7.39. The topological polar surface area (TPSA) is 54.5 Å². The molecular weight excluding hydrogens is 308 g/mol. The monoisotopic (exact) mass is 322 g/mol. The number of aromatic amines is 1. The van der Waals surface area contributed by atoms with Crippen LogP contribution in [-0.2, 0) is 0 Å². The number of H-pyrrole nitrogens is 1. The van der Waals surface area contributed by atoms with Crippen molar-refractivity contribution in [3.8, 4) is 22.4 Å². The van der Waals surface area contributed by atoms with Crippen molar-refractivity contribution >= 4 is 21.9 Å². The van der Waals surface area contributed by atoms with Gasteiger partial charge in [-0.15, -0.1) is 0 Å². The fourth-order valence-electron chi connectivity index (χ4n) is 3.08. The highest BCUT2D eigenvalue weighted by Crippen LogP contribution is 2.27. The second kappa shape index (κ2) is 5.53. The third-order valence-corrected chi connectivity index (χ3v) is 4.40. The van der Waals surface area contributed by atoms with E-state index in [4.69, 9.17) is 4.98 Å². The molecule has 0 aliphatic heterocycles. The smallest absolute Gasteiger partial charge is 0.0879 e. The highest BCUT2D eigenvalue weighted by molar-refractivity contribution is 5.88. The minimum atomic E-state index is 0.956. The molecule has 0 saturated heterocycles. The highest BCUT2D eigenvalue weighted by Gasteiger charge is 2.05. The Morgan fingerprint density at radius 1 is 0.720 bits per heavy atom. The van der Waals surface area contributed by atoms with Gasteiger partial charge in [0.1, 0.15) is 0 Å². The summed E-state index contributed by atoms with van der Waals surface area (Å²) in [6.45, 7) is 0. The molecule has 1 N–H and O–H groups in total. The molecule has 4 nitrogen and oxygen atoms in total. The van der Waals surface area contributed by atoms with Gasteiger partial charge in [0.25, 0.3) is 0 Å². The van der Waals surface area contributed by atoms with E-state index in [9.17, 15) is 0 Å². The lowest BCUT2D eigenvalue weighted by Crippen LogP contribution is -1.87. The maximum atomic E-state index is 4.77. The van der Waals surface area contributed by atoms with E-state index in [-0.39, 0.29) is 0 Å². The number of fused-ring (bicyclic) bond motifs is 2. The van der Waals surface area contributed by atoms with Gasteiger partial charge in [-0.1, -0.05) is 12.1 Å². The molecule has 0 unspecified atom stereocenters. The van der Waals surface area contributed by atoms with Gasteiger partial charge in [-0.3, -0.25) is 9.97 Å². The van der Waals surface area contributed by atoms with Crippen LogP contribution in [0.1, 0.15) is 0 Å². The molecule has 4 aromatic heterocycles. The summed E-state index contributed by atoms with van der Waals surface area (Å²) in [5.41, 5.74) is 7.26. The van der Waals surface area contributed by atoms with Gasteiger partial charge in [-0.2, -0.15) is 0 Å². The van der Waals surface area contributed by atoms with Gasteiger partial charge in [0, 0.05) is 41.3 Å². The summed E-state index contributed by atoms with van der Waals surface area (Å²) in [7, 11) is 0. The highest BCUT2D eigenvalue weighted by atomic mass is 14.8. The van der Waals surface area contributed by atoms with Crippen molar-refractivity contribution in [2.24, 2.45) is 0 Å². The van der Waals surface area contributed by atoms with Crippen LogP contribution in [0.3, 0.4) is 0 Å². The number of rotatable bonds is 2. The molecule has 118 valence electrons. The summed E-state index contributed by atoms with van der Waals surface area (Å²) < 4.78 is 0. The molecule has 0 aliphatic carbocycles. The minimum Gasteiger partial charge on any atom is -0.360 e. The van der Waals surface area contributed by atoms with Crippen molar-refractivity contribution in [1.29, 1.82) is 0 Å². The second-order valence-corrected chi connectivity index (χ2v) is 5.97. The first-order valence-corrected chi connectivity index (χ1v) is 8.11. The Morgan fingerprint density at radius 2 is 1.64 bits per heavy atom. The first kappa shape index (κ1) is 13.9. The molecule has 0 aliphatic rings. The van der Waals surface area contributed by atoms with Gasteiger partial charge in [-0.25, -0.2) is 4.98 Å². The van der Waals surface area contributed by atoms with Crippen LogP contribution in [0, 0.1) is 0 Å². The summed E-state index contributed by atoms with van der Waals surface area (Å²) in [5.74, 6) is 0. The number of nitrogens with one attached hydrogen (secondary N) is 1. The SMILES string of the molecule is c1cc(-c2ccc3cc(-c4cnc5cc[nH]c5c4)ccc3n2)ccn1. The number of benzene rings is 1. The maximum absolute atomic E-state index is 4.77. The predicted molar refractivity (Wildman–Crippen MR) is 100 cm³/mol. The number of aromatic nitrogens is 4. The molecular formula is C21H14N4. The van der Waals surface area contributed by atoms with Crippen LogP contribution in [0.4, 0.5) is 0 Å². The van der Waals surface area contributed by atoms with Crippen LogP contribution < -0.4 is 0 Å². The zero-order valence-electron chi connectivity index (χ0n) is 13.3. The lowest BCUT2D eigenvalue weighted by atomic mass is 10.0. The first-order chi connectivity index (χ1) is 12.4. The fraction of sp³-hybridized carbons (Fsp3) is 0. The van der Waals surface area contributed by atoms with Gasteiger partial charge in [0.15, 0.2) is 0 Å². The van der Waals surface area contributed by atoms with Crippen LogP contribution in [0.2, 0.25) is 0 Å². The Labute approximate surface area is 144 Å². The Bertz CT molecular complexity index is 1190. The molecule has 0 radical (unpaired) electrons. The van der Waals surface area contributed by atoms with Crippen LogP contribution in [0.5, 0.6) is 0 Å². The van der Waals surface area contributed by atoms with Crippen LogP contribution in [0.15, 0.2) is 79.4 Å². The van der Waals surface area contributed by atoms with E-state index in [1.165, 1.54) is 0 Å². The average Bonchev–Trinajstić information content (AvgIpc) is 3.15. The van der Waals surface area contributed by atoms with E-state index in [1.807, 2.05) is 36.7 Å². The van der Waals surface area contributed by atoms with Crippen LogP contribution in [0.25, 0.3) is 44.3 Å². The number of hydrogen-bond donors (Lipinski definition) is 1. The van der Waals surface area contributed by atoms with Gasteiger partial charge < -0.3 is 4.98 Å². The molecule has 1 aromatic carbocycles. The summed E-state index contributed by atoms with van der Waals surface area (Å²) in [4.78, 5) is 16.5. The van der Waals surface area contributed by atoms with E-state index >= 15 is 0 Å². The predicted octanol–water partition coefficient (Wildman–Crippen LogP) is 4.84. The molecule has 0 saturated carbocycles. The molecule has 5 aromatic rings. The van der Waals surface area contributed by atoms with Crippen molar-refractivity contribution in [2.45, 2.75) is 0 Å².